The summed E-state index contributed by atoms with van der Waals surface area (Å²) in [6, 6.07) is 13.2. The zero-order valence-electron chi connectivity index (χ0n) is 26.9. The van der Waals surface area contributed by atoms with Crippen molar-refractivity contribution >= 4 is 30.2 Å². The van der Waals surface area contributed by atoms with E-state index in [1.54, 1.807) is 12.1 Å². The lowest BCUT2D eigenvalue weighted by molar-refractivity contribution is -0.166. The van der Waals surface area contributed by atoms with E-state index in [0.717, 1.165) is 44.1 Å². The van der Waals surface area contributed by atoms with Crippen LogP contribution in [0.1, 0.15) is 81.1 Å². The number of carboxylic acid groups (broad SMARTS) is 1. The van der Waals surface area contributed by atoms with Gasteiger partial charge in [0.15, 0.2) is 0 Å². The molecular formula is C35H48ClN3O7. The van der Waals surface area contributed by atoms with Gasteiger partial charge in [0, 0.05) is 32.8 Å². The van der Waals surface area contributed by atoms with Gasteiger partial charge < -0.3 is 29.9 Å². The summed E-state index contributed by atoms with van der Waals surface area (Å²) in [5.74, 6) is -0.0810. The second-order valence-electron chi connectivity index (χ2n) is 12.7. The number of benzene rings is 2. The van der Waals surface area contributed by atoms with Gasteiger partial charge >= 0.3 is 5.97 Å². The third kappa shape index (κ3) is 8.02. The van der Waals surface area contributed by atoms with Crippen LogP contribution in [-0.2, 0) is 20.9 Å². The molecule has 5 rings (SSSR count). The van der Waals surface area contributed by atoms with Crippen molar-refractivity contribution in [3.63, 3.8) is 0 Å². The molecule has 0 aromatic heterocycles. The third-order valence-electron chi connectivity index (χ3n) is 9.79. The number of nitrogens with zero attached hydrogens (tertiary/aromatic N) is 2. The molecular weight excluding hydrogens is 610 g/mol. The predicted octanol–water partition coefficient (Wildman–Crippen LogP) is 5.02. The van der Waals surface area contributed by atoms with Crippen molar-refractivity contribution in [3.05, 3.63) is 59.7 Å². The molecule has 46 heavy (non-hydrogen) atoms. The highest BCUT2D eigenvalue weighted by atomic mass is 35.5. The van der Waals surface area contributed by atoms with Crippen LogP contribution in [0.15, 0.2) is 48.5 Å². The maximum Gasteiger partial charge on any atom is 0.335 e. The summed E-state index contributed by atoms with van der Waals surface area (Å²) in [5.41, 5.74) is 0.422. The van der Waals surface area contributed by atoms with Gasteiger partial charge in [-0.1, -0.05) is 25.5 Å². The monoisotopic (exact) mass is 657 g/mol. The fourth-order valence-corrected chi connectivity index (χ4v) is 7.12. The molecule has 2 aromatic carbocycles. The van der Waals surface area contributed by atoms with E-state index in [0.29, 0.717) is 57.1 Å². The van der Waals surface area contributed by atoms with E-state index in [4.69, 9.17) is 14.6 Å². The zero-order valence-corrected chi connectivity index (χ0v) is 27.7. The summed E-state index contributed by atoms with van der Waals surface area (Å²) in [7, 11) is 0. The molecule has 3 N–H and O–H groups in total. The van der Waals surface area contributed by atoms with Crippen molar-refractivity contribution in [3.8, 4) is 11.5 Å². The summed E-state index contributed by atoms with van der Waals surface area (Å²) in [5, 5.41) is 23.4. The summed E-state index contributed by atoms with van der Waals surface area (Å²) in [6.07, 6.45) is 5.42. The summed E-state index contributed by atoms with van der Waals surface area (Å²) >= 11 is 0. The molecule has 10 nitrogen and oxygen atoms in total. The Morgan fingerprint density at radius 3 is 2.15 bits per heavy atom. The number of halogens is 1. The smallest absolute Gasteiger partial charge is 0.335 e. The average molecular weight is 658 g/mol. The molecule has 1 saturated carbocycles. The lowest BCUT2D eigenvalue weighted by atomic mass is 9.77. The van der Waals surface area contributed by atoms with Gasteiger partial charge in [0.05, 0.1) is 17.8 Å². The van der Waals surface area contributed by atoms with Crippen molar-refractivity contribution in [2.45, 2.75) is 95.5 Å². The van der Waals surface area contributed by atoms with Gasteiger partial charge in [-0.25, -0.2) is 4.79 Å². The van der Waals surface area contributed by atoms with E-state index in [9.17, 15) is 19.5 Å². The summed E-state index contributed by atoms with van der Waals surface area (Å²) in [4.78, 5) is 43.0. The number of aliphatic hydroxyl groups is 1. The van der Waals surface area contributed by atoms with Crippen LogP contribution in [-0.4, -0.2) is 87.8 Å². The summed E-state index contributed by atoms with van der Waals surface area (Å²) < 4.78 is 11.6. The fraction of sp³-hybridized carbons (Fsp3) is 0.571. The Hall–Kier alpha value is -3.18. The molecule has 0 radical (unpaired) electrons. The number of nitrogens with one attached hydrogen (secondary N) is 1. The van der Waals surface area contributed by atoms with Crippen LogP contribution in [0.5, 0.6) is 11.5 Å². The van der Waals surface area contributed by atoms with E-state index in [2.05, 4.69) is 17.1 Å². The molecule has 11 heteroatoms. The lowest BCUT2D eigenvalue weighted by Crippen LogP contribution is -2.75. The van der Waals surface area contributed by atoms with Crippen molar-refractivity contribution in [2.24, 2.45) is 5.92 Å². The SMILES string of the molecule is CCCCN1C(=O)[C@@H]([C@H](O)[C@H]2CC[C@H](OCC)CC2)NC(=O)C12CCN(Cc1ccc(Oc3ccc(C(=O)O)cc3)cc1)CC2.Cl. The van der Waals surface area contributed by atoms with Crippen LogP contribution in [0.3, 0.4) is 0 Å². The number of hydrogen-bond donors (Lipinski definition) is 3. The Balaban J connectivity index is 0.00000480. The number of unbranched alkanes of at least 4 members (excludes halogenated alkanes) is 1. The standard InChI is InChI=1S/C35H47N3O7.ClH/c1-3-5-20-38-32(40)30(31(39)25-8-14-27(15-9-25)44-4-2)36-34(43)35(38)18-21-37(22-19-35)23-24-6-12-28(13-7-24)45-29-16-10-26(11-17-29)33(41)42;/h6-7,10-13,16-17,25,27,30-31,39H,3-5,8-9,14-15,18-23H2,1-2H3,(H,36,43)(H,41,42);1H/t25-,27-,30-,31-;/m1./s1. The fourth-order valence-electron chi connectivity index (χ4n) is 7.12. The van der Waals surface area contributed by atoms with E-state index in [1.165, 1.54) is 12.1 Å². The normalized spacial score (nSPS) is 23.8. The molecule has 0 unspecified atom stereocenters. The first-order valence-corrected chi connectivity index (χ1v) is 16.5. The van der Waals surface area contributed by atoms with Gasteiger partial charge in [0.25, 0.3) is 0 Å². The molecule has 1 aliphatic carbocycles. The molecule has 3 aliphatic rings. The Morgan fingerprint density at radius 1 is 0.978 bits per heavy atom. The number of aromatic carboxylic acids is 1. The van der Waals surface area contributed by atoms with Crippen LogP contribution in [0.4, 0.5) is 0 Å². The van der Waals surface area contributed by atoms with E-state index in [-0.39, 0.29) is 41.8 Å². The average Bonchev–Trinajstić information content (AvgIpc) is 3.05. The van der Waals surface area contributed by atoms with E-state index < -0.39 is 23.7 Å². The number of piperidine rings is 1. The maximum absolute atomic E-state index is 14.0. The van der Waals surface area contributed by atoms with Crippen LogP contribution in [0, 0.1) is 5.92 Å². The number of rotatable bonds is 12. The molecule has 2 amide bonds. The van der Waals surface area contributed by atoms with Gasteiger partial charge in [-0.3, -0.25) is 14.5 Å². The topological polar surface area (TPSA) is 129 Å². The predicted molar refractivity (Wildman–Crippen MR) is 176 cm³/mol. The van der Waals surface area contributed by atoms with Crippen molar-refractivity contribution in [2.75, 3.05) is 26.2 Å². The van der Waals surface area contributed by atoms with Crippen molar-refractivity contribution in [1.82, 2.24) is 15.1 Å². The first-order chi connectivity index (χ1) is 21.7. The number of amides is 2. The molecule has 2 aliphatic heterocycles. The molecule has 1 spiro atoms. The van der Waals surface area contributed by atoms with Gasteiger partial charge in [-0.15, -0.1) is 12.4 Å². The first-order valence-electron chi connectivity index (χ1n) is 16.5. The number of carbonyl (C=O) groups excluding carboxylic acids is 2. The first kappa shape index (κ1) is 35.7. The Bertz CT molecular complexity index is 1310. The number of carbonyl (C=O) groups is 3. The minimum atomic E-state index is -0.978. The van der Waals surface area contributed by atoms with Crippen molar-refractivity contribution in [1.29, 1.82) is 0 Å². The Morgan fingerprint density at radius 2 is 1.59 bits per heavy atom. The van der Waals surface area contributed by atoms with Crippen LogP contribution in [0.2, 0.25) is 0 Å². The number of carboxylic acids is 1. The number of likely N-dealkylation sites (tertiary alicyclic amines) is 1. The highest BCUT2D eigenvalue weighted by Crippen LogP contribution is 2.37. The minimum Gasteiger partial charge on any atom is -0.478 e. The van der Waals surface area contributed by atoms with Crippen LogP contribution in [0.25, 0.3) is 0 Å². The minimum absolute atomic E-state index is 0. The molecule has 0 bridgehead atoms. The van der Waals surface area contributed by atoms with Gasteiger partial charge in [0.2, 0.25) is 11.8 Å². The molecule has 2 heterocycles. The number of ether oxygens (including phenoxy) is 2. The van der Waals surface area contributed by atoms with Crippen molar-refractivity contribution < 1.29 is 34.1 Å². The summed E-state index contributed by atoms with van der Waals surface area (Å²) in [6.45, 7) is 7.32. The van der Waals surface area contributed by atoms with Gasteiger partial charge in [0.1, 0.15) is 23.1 Å². The number of aliphatic hydroxyl groups excluding tert-OH is 1. The molecule has 2 saturated heterocycles. The molecule has 3 fully saturated rings. The highest BCUT2D eigenvalue weighted by molar-refractivity contribution is 6.00. The van der Waals surface area contributed by atoms with E-state index >= 15 is 0 Å². The lowest BCUT2D eigenvalue weighted by Gasteiger charge is -2.52. The van der Waals surface area contributed by atoms with Crippen LogP contribution >= 0.6 is 12.4 Å². The molecule has 2 aromatic rings. The Kier molecular flexibility index (Phi) is 12.5. The van der Waals surface area contributed by atoms with Crippen LogP contribution < -0.4 is 10.1 Å². The third-order valence-corrected chi connectivity index (χ3v) is 9.79. The second-order valence-corrected chi connectivity index (χ2v) is 12.7. The van der Waals surface area contributed by atoms with Gasteiger partial charge in [-0.2, -0.15) is 0 Å². The quantitative estimate of drug-likeness (QED) is 0.290. The number of piperazine rings is 1. The molecule has 252 valence electrons. The van der Waals surface area contributed by atoms with Gasteiger partial charge in [-0.05, 0) is 99.7 Å². The molecule has 2 atom stereocenters. The number of hydrogen-bond acceptors (Lipinski definition) is 7. The maximum atomic E-state index is 14.0. The zero-order chi connectivity index (χ0) is 32.0. The largest absolute Gasteiger partial charge is 0.478 e. The van der Waals surface area contributed by atoms with E-state index in [1.807, 2.05) is 36.1 Å². The Labute approximate surface area is 277 Å². The second kappa shape index (κ2) is 16.1. The highest BCUT2D eigenvalue weighted by Gasteiger charge is 2.55.